The molecule has 0 fully saturated rings. The molecule has 0 aliphatic heterocycles. The molecule has 0 aromatic rings. The fourth-order valence-electron chi connectivity index (χ4n) is 6.00. The van der Waals surface area contributed by atoms with Gasteiger partial charge in [-0.1, -0.05) is 192 Å². The van der Waals surface area contributed by atoms with Gasteiger partial charge in [-0.25, -0.2) is 0 Å². The van der Waals surface area contributed by atoms with Crippen LogP contribution < -0.4 is 0 Å². The number of ether oxygens (including phenoxy) is 3. The van der Waals surface area contributed by atoms with Crippen molar-refractivity contribution in [3.05, 3.63) is 146 Å². The van der Waals surface area contributed by atoms with E-state index in [2.05, 4.69) is 161 Å². The maximum absolute atomic E-state index is 12.8. The van der Waals surface area contributed by atoms with Gasteiger partial charge in [-0.3, -0.25) is 14.4 Å². The van der Waals surface area contributed by atoms with Crippen LogP contribution in [-0.2, 0) is 28.6 Å². The summed E-state index contributed by atoms with van der Waals surface area (Å²) in [5.74, 6) is -1.05. The Kier molecular flexibility index (Phi) is 47.2. The van der Waals surface area contributed by atoms with E-state index < -0.39 is 6.10 Å². The molecule has 0 aliphatic carbocycles. The molecule has 0 aromatic carbocycles. The van der Waals surface area contributed by atoms with E-state index in [0.717, 1.165) is 128 Å². The smallest absolute Gasteiger partial charge is 0.306 e. The van der Waals surface area contributed by atoms with Crippen molar-refractivity contribution in [2.24, 2.45) is 0 Å². The first kappa shape index (κ1) is 59.3. The molecule has 1 atom stereocenters. The Morgan fingerprint density at radius 2 is 0.656 bits per heavy atom. The minimum absolute atomic E-state index is 0.126. The van der Waals surface area contributed by atoms with Crippen LogP contribution in [0.15, 0.2) is 146 Å². The summed E-state index contributed by atoms with van der Waals surface area (Å²) in [5.41, 5.74) is 0. The van der Waals surface area contributed by atoms with Crippen LogP contribution in [0.1, 0.15) is 181 Å². The van der Waals surface area contributed by atoms with E-state index in [1.54, 1.807) is 0 Å². The first-order valence-electron chi connectivity index (χ1n) is 24.9. The summed E-state index contributed by atoms with van der Waals surface area (Å²) >= 11 is 0. The third-order valence-corrected chi connectivity index (χ3v) is 9.63. The Morgan fingerprint density at radius 3 is 1.12 bits per heavy atom. The van der Waals surface area contributed by atoms with E-state index in [1.807, 2.05) is 6.08 Å². The van der Waals surface area contributed by atoms with Crippen LogP contribution in [-0.4, -0.2) is 37.2 Å². The highest BCUT2D eigenvalue weighted by Crippen LogP contribution is 2.11. The monoisotopic (exact) mass is 881 g/mol. The maximum atomic E-state index is 12.8. The average Bonchev–Trinajstić information content (AvgIpc) is 3.29. The lowest BCUT2D eigenvalue weighted by molar-refractivity contribution is -0.167. The number of rotatable bonds is 42. The van der Waals surface area contributed by atoms with Gasteiger partial charge in [0.15, 0.2) is 6.10 Å². The van der Waals surface area contributed by atoms with Crippen LogP contribution in [0.3, 0.4) is 0 Å². The number of carbonyl (C=O) groups is 3. The lowest BCUT2D eigenvalue weighted by Crippen LogP contribution is -2.30. The first-order valence-corrected chi connectivity index (χ1v) is 24.9. The van der Waals surface area contributed by atoms with Crippen LogP contribution in [0.4, 0.5) is 0 Å². The van der Waals surface area contributed by atoms with Gasteiger partial charge in [0.2, 0.25) is 0 Å². The van der Waals surface area contributed by atoms with Crippen molar-refractivity contribution >= 4 is 17.9 Å². The molecule has 64 heavy (non-hydrogen) atoms. The Balaban J connectivity index is 4.60. The summed E-state index contributed by atoms with van der Waals surface area (Å²) in [7, 11) is 0. The summed E-state index contributed by atoms with van der Waals surface area (Å²) < 4.78 is 16.7. The van der Waals surface area contributed by atoms with E-state index >= 15 is 0 Å². The molecule has 0 rings (SSSR count). The van der Waals surface area contributed by atoms with Crippen molar-refractivity contribution < 1.29 is 28.6 Å². The van der Waals surface area contributed by atoms with Gasteiger partial charge in [-0.15, -0.1) is 0 Å². The standard InChI is InChI=1S/C58H88O6/c1-4-7-10-13-16-19-22-25-27-29-31-33-36-39-42-45-48-51-57(60)63-54-55(53-62-56(59)50-47-44-41-38-35-32-24-21-18-15-12-9-6-3)64-58(61)52-49-46-43-40-37-34-30-28-26-23-20-17-14-11-8-5-2/h7-12,15-21,24-28,31,33-34,37,39,42,55H,4-6,13-14,22-23,29-30,32,35-36,38,40-41,43-54H2,1-3H3/b10-7-,11-8-,12-9-,18-15-,19-16-,20-17-,24-21-,27-25-,28-26-,33-31-,37-34-,42-39-. The zero-order valence-electron chi connectivity index (χ0n) is 40.5. The Hall–Kier alpha value is -4.71. The molecule has 0 spiro atoms. The Bertz CT molecular complexity index is 1480. The van der Waals surface area contributed by atoms with Crippen LogP contribution in [0, 0.1) is 0 Å². The fourth-order valence-corrected chi connectivity index (χ4v) is 6.00. The topological polar surface area (TPSA) is 78.9 Å². The van der Waals surface area contributed by atoms with E-state index in [4.69, 9.17) is 14.2 Å². The second kappa shape index (κ2) is 50.9. The van der Waals surface area contributed by atoms with Crippen LogP contribution in [0.2, 0.25) is 0 Å². The molecule has 6 nitrogen and oxygen atoms in total. The second-order valence-corrected chi connectivity index (χ2v) is 15.6. The zero-order chi connectivity index (χ0) is 46.5. The number of hydrogen-bond donors (Lipinski definition) is 0. The number of esters is 3. The van der Waals surface area contributed by atoms with E-state index in [-0.39, 0.29) is 44.0 Å². The fraction of sp³-hybridized carbons (Fsp3) is 0.534. The molecule has 0 amide bonds. The Labute approximate surface area is 391 Å². The predicted molar refractivity (Wildman–Crippen MR) is 274 cm³/mol. The molecule has 0 aliphatic rings. The zero-order valence-corrected chi connectivity index (χ0v) is 40.5. The molecule has 0 radical (unpaired) electrons. The van der Waals surface area contributed by atoms with Gasteiger partial charge in [-0.2, -0.15) is 0 Å². The average molecular weight is 881 g/mol. The molecule has 0 saturated heterocycles. The molecule has 1 unspecified atom stereocenters. The summed E-state index contributed by atoms with van der Waals surface area (Å²) in [5, 5.41) is 0. The summed E-state index contributed by atoms with van der Waals surface area (Å²) in [6, 6.07) is 0. The molecule has 6 heteroatoms. The predicted octanol–water partition coefficient (Wildman–Crippen LogP) is 16.5. The third kappa shape index (κ3) is 48.3. The van der Waals surface area contributed by atoms with Gasteiger partial charge in [0, 0.05) is 19.3 Å². The van der Waals surface area contributed by atoms with Crippen LogP contribution in [0.25, 0.3) is 0 Å². The minimum atomic E-state index is -0.832. The SMILES string of the molecule is CC\C=C/C=C\C=C/CCCCCCCC(=O)OCC(COC(=O)CCC/C=C\C/C=C\C/C=C\C/C=C\C/C=C\CC)OC(=O)CCCCC/C=C\C/C=C\C/C=C\C/C=C\CC. The molecule has 356 valence electrons. The van der Waals surface area contributed by atoms with Gasteiger partial charge in [0.25, 0.3) is 0 Å². The number of unbranched alkanes of at least 4 members (excludes halogenated alkanes) is 9. The summed E-state index contributed by atoms with van der Waals surface area (Å²) in [6.45, 7) is 6.15. The maximum Gasteiger partial charge on any atom is 0.306 e. The van der Waals surface area contributed by atoms with Crippen molar-refractivity contribution in [3.8, 4) is 0 Å². The molecule has 0 saturated carbocycles. The number of hydrogen-bond acceptors (Lipinski definition) is 6. The van der Waals surface area contributed by atoms with E-state index in [1.165, 1.54) is 0 Å². The number of allylic oxidation sites excluding steroid dienone is 24. The quantitative estimate of drug-likeness (QED) is 0.0200. The number of carbonyl (C=O) groups excluding carboxylic acids is 3. The van der Waals surface area contributed by atoms with Gasteiger partial charge >= 0.3 is 17.9 Å². The summed E-state index contributed by atoms with van der Waals surface area (Å²) in [6.07, 6.45) is 72.6. The lowest BCUT2D eigenvalue weighted by atomic mass is 10.1. The van der Waals surface area contributed by atoms with E-state index in [9.17, 15) is 14.4 Å². The van der Waals surface area contributed by atoms with Crippen molar-refractivity contribution in [1.82, 2.24) is 0 Å². The minimum Gasteiger partial charge on any atom is -0.462 e. The highest BCUT2D eigenvalue weighted by atomic mass is 16.6. The van der Waals surface area contributed by atoms with Crippen molar-refractivity contribution in [3.63, 3.8) is 0 Å². The van der Waals surface area contributed by atoms with Crippen LogP contribution >= 0.6 is 0 Å². The second-order valence-electron chi connectivity index (χ2n) is 15.6. The van der Waals surface area contributed by atoms with Crippen molar-refractivity contribution in [1.29, 1.82) is 0 Å². The largest absolute Gasteiger partial charge is 0.462 e. The molecule has 0 heterocycles. The van der Waals surface area contributed by atoms with Crippen LogP contribution in [0.5, 0.6) is 0 Å². The molecule has 0 bridgehead atoms. The van der Waals surface area contributed by atoms with E-state index in [0.29, 0.717) is 19.3 Å². The first-order chi connectivity index (χ1) is 31.5. The lowest BCUT2D eigenvalue weighted by Gasteiger charge is -2.18. The van der Waals surface area contributed by atoms with Gasteiger partial charge < -0.3 is 14.2 Å². The highest BCUT2D eigenvalue weighted by molar-refractivity contribution is 5.71. The third-order valence-electron chi connectivity index (χ3n) is 9.63. The van der Waals surface area contributed by atoms with Gasteiger partial charge in [0.1, 0.15) is 13.2 Å². The van der Waals surface area contributed by atoms with Gasteiger partial charge in [-0.05, 0) is 116 Å². The summed E-state index contributed by atoms with van der Waals surface area (Å²) in [4.78, 5) is 37.9. The Morgan fingerprint density at radius 1 is 0.328 bits per heavy atom. The van der Waals surface area contributed by atoms with Gasteiger partial charge in [0.05, 0.1) is 0 Å². The van der Waals surface area contributed by atoms with Crippen molar-refractivity contribution in [2.75, 3.05) is 13.2 Å². The molecule has 0 N–H and O–H groups in total. The molecular formula is C58H88O6. The van der Waals surface area contributed by atoms with Crippen molar-refractivity contribution in [2.45, 2.75) is 187 Å². The normalized spacial score (nSPS) is 13.4. The highest BCUT2D eigenvalue weighted by Gasteiger charge is 2.19. The molecule has 0 aromatic heterocycles. The molecular weight excluding hydrogens is 793 g/mol.